The van der Waals surface area contributed by atoms with Crippen LogP contribution in [0.3, 0.4) is 0 Å². The van der Waals surface area contributed by atoms with Gasteiger partial charge in [-0.2, -0.15) is 0 Å². The van der Waals surface area contributed by atoms with Crippen molar-refractivity contribution in [2.24, 2.45) is 11.8 Å². The van der Waals surface area contributed by atoms with E-state index in [1.165, 1.54) is 44.9 Å². The molecular formula is C16H30N2O. The fourth-order valence-corrected chi connectivity index (χ4v) is 3.58. The van der Waals surface area contributed by atoms with Crippen molar-refractivity contribution in [3.63, 3.8) is 0 Å². The van der Waals surface area contributed by atoms with Crippen LogP contribution in [0.5, 0.6) is 0 Å². The van der Waals surface area contributed by atoms with Crippen LogP contribution in [0.1, 0.15) is 64.7 Å². The monoisotopic (exact) mass is 266 g/mol. The minimum atomic E-state index is 0.267. The first-order valence-corrected chi connectivity index (χ1v) is 8.26. The van der Waals surface area contributed by atoms with Crippen molar-refractivity contribution < 1.29 is 4.79 Å². The van der Waals surface area contributed by atoms with Crippen molar-refractivity contribution in [1.82, 2.24) is 10.6 Å². The maximum Gasteiger partial charge on any atom is 0.220 e. The lowest BCUT2D eigenvalue weighted by Crippen LogP contribution is -2.39. The van der Waals surface area contributed by atoms with E-state index in [-0.39, 0.29) is 5.91 Å². The molecule has 0 spiro atoms. The Morgan fingerprint density at radius 1 is 1.21 bits per heavy atom. The fourth-order valence-electron chi connectivity index (χ4n) is 3.58. The molecule has 2 rings (SSSR count). The summed E-state index contributed by atoms with van der Waals surface area (Å²) in [5.41, 5.74) is 0. The van der Waals surface area contributed by atoms with Gasteiger partial charge in [-0.05, 0) is 64.0 Å². The van der Waals surface area contributed by atoms with E-state index in [9.17, 15) is 4.79 Å². The summed E-state index contributed by atoms with van der Waals surface area (Å²) in [7, 11) is 0. The van der Waals surface area contributed by atoms with E-state index >= 15 is 0 Å². The number of hydrogen-bond acceptors (Lipinski definition) is 2. The van der Waals surface area contributed by atoms with Crippen molar-refractivity contribution in [2.75, 3.05) is 13.1 Å². The Morgan fingerprint density at radius 2 is 2.00 bits per heavy atom. The molecule has 2 fully saturated rings. The van der Waals surface area contributed by atoms with Crippen molar-refractivity contribution in [2.45, 2.75) is 70.8 Å². The summed E-state index contributed by atoms with van der Waals surface area (Å²) >= 11 is 0. The first-order chi connectivity index (χ1) is 9.25. The van der Waals surface area contributed by atoms with Crippen LogP contribution in [0, 0.1) is 11.8 Å². The predicted octanol–water partition coefficient (Wildman–Crippen LogP) is 2.85. The van der Waals surface area contributed by atoms with Crippen LogP contribution in [0.15, 0.2) is 0 Å². The first-order valence-electron chi connectivity index (χ1n) is 8.26. The molecule has 3 nitrogen and oxygen atoms in total. The van der Waals surface area contributed by atoms with Gasteiger partial charge in [0, 0.05) is 12.5 Å². The summed E-state index contributed by atoms with van der Waals surface area (Å²) in [4.78, 5) is 12.0. The van der Waals surface area contributed by atoms with Gasteiger partial charge in [0.15, 0.2) is 0 Å². The van der Waals surface area contributed by atoms with Crippen molar-refractivity contribution in [3.05, 3.63) is 0 Å². The van der Waals surface area contributed by atoms with Gasteiger partial charge in [-0.3, -0.25) is 4.79 Å². The number of hydrogen-bond donors (Lipinski definition) is 2. The molecule has 1 unspecified atom stereocenters. The minimum absolute atomic E-state index is 0.267. The average molecular weight is 266 g/mol. The molecule has 0 aromatic carbocycles. The van der Waals surface area contributed by atoms with E-state index in [2.05, 4.69) is 17.6 Å². The lowest BCUT2D eigenvalue weighted by Gasteiger charge is -2.28. The molecule has 3 heteroatoms. The number of carbonyl (C=O) groups is 1. The minimum Gasteiger partial charge on any atom is -0.353 e. The molecule has 110 valence electrons. The molecular weight excluding hydrogens is 236 g/mol. The summed E-state index contributed by atoms with van der Waals surface area (Å²) in [6, 6.07) is 0.372. The third-order valence-corrected chi connectivity index (χ3v) is 4.92. The summed E-state index contributed by atoms with van der Waals surface area (Å²) < 4.78 is 0. The van der Waals surface area contributed by atoms with Gasteiger partial charge in [-0.15, -0.1) is 0 Å². The molecule has 1 saturated carbocycles. The SMILES string of the molecule is C[C@@H](NC(=O)CCC1CCCNC1)C1CCCCC1. The molecule has 2 aliphatic rings. The maximum absolute atomic E-state index is 12.0. The normalized spacial score (nSPS) is 26.9. The zero-order chi connectivity index (χ0) is 13.5. The van der Waals surface area contributed by atoms with Gasteiger partial charge in [0.05, 0.1) is 0 Å². The largest absolute Gasteiger partial charge is 0.353 e. The molecule has 2 N–H and O–H groups in total. The Balaban J connectivity index is 1.62. The van der Waals surface area contributed by atoms with Crippen LogP contribution in [-0.2, 0) is 4.79 Å². The number of carbonyl (C=O) groups excluding carboxylic acids is 1. The highest BCUT2D eigenvalue weighted by Gasteiger charge is 2.22. The molecule has 19 heavy (non-hydrogen) atoms. The van der Waals surface area contributed by atoms with Crippen molar-refractivity contribution in [1.29, 1.82) is 0 Å². The summed E-state index contributed by atoms with van der Waals surface area (Å²) in [5.74, 6) is 1.70. The number of rotatable bonds is 5. The van der Waals surface area contributed by atoms with E-state index in [1.807, 2.05) is 0 Å². The highest BCUT2D eigenvalue weighted by Crippen LogP contribution is 2.26. The molecule has 2 atom stereocenters. The van der Waals surface area contributed by atoms with Gasteiger partial charge in [0.25, 0.3) is 0 Å². The Bertz CT molecular complexity index is 268. The smallest absolute Gasteiger partial charge is 0.220 e. The fraction of sp³-hybridized carbons (Fsp3) is 0.938. The van der Waals surface area contributed by atoms with Gasteiger partial charge in [0.1, 0.15) is 0 Å². The van der Waals surface area contributed by atoms with Gasteiger partial charge < -0.3 is 10.6 Å². The average Bonchev–Trinajstić information content (AvgIpc) is 2.47. The first kappa shape index (κ1) is 14.8. The number of nitrogens with one attached hydrogen (secondary N) is 2. The molecule has 1 aliphatic carbocycles. The van der Waals surface area contributed by atoms with Gasteiger partial charge in [0.2, 0.25) is 5.91 Å². The molecule has 0 radical (unpaired) electrons. The second-order valence-corrected chi connectivity index (χ2v) is 6.51. The molecule has 0 aromatic rings. The molecule has 1 aliphatic heterocycles. The van der Waals surface area contributed by atoms with E-state index in [1.54, 1.807) is 0 Å². The van der Waals surface area contributed by atoms with Crippen LogP contribution in [0.2, 0.25) is 0 Å². The molecule has 1 saturated heterocycles. The predicted molar refractivity (Wildman–Crippen MR) is 79.0 cm³/mol. The topological polar surface area (TPSA) is 41.1 Å². The van der Waals surface area contributed by atoms with Crippen LogP contribution in [0.4, 0.5) is 0 Å². The summed E-state index contributed by atoms with van der Waals surface area (Å²) in [5, 5.41) is 6.65. The molecule has 1 heterocycles. The summed E-state index contributed by atoms with van der Waals surface area (Å²) in [6.45, 7) is 4.45. The lowest BCUT2D eigenvalue weighted by molar-refractivity contribution is -0.122. The second kappa shape index (κ2) is 7.88. The standard InChI is InChI=1S/C16H30N2O/c1-13(15-7-3-2-4-8-15)18-16(19)10-9-14-6-5-11-17-12-14/h13-15,17H,2-12H2,1H3,(H,18,19)/t13-,14?/m1/s1. The zero-order valence-electron chi connectivity index (χ0n) is 12.4. The number of amides is 1. The van der Waals surface area contributed by atoms with Crippen LogP contribution >= 0.6 is 0 Å². The van der Waals surface area contributed by atoms with Crippen molar-refractivity contribution in [3.8, 4) is 0 Å². The summed E-state index contributed by atoms with van der Waals surface area (Å²) in [6.07, 6.45) is 11.0. The Hall–Kier alpha value is -0.570. The third-order valence-electron chi connectivity index (χ3n) is 4.92. The highest BCUT2D eigenvalue weighted by atomic mass is 16.1. The maximum atomic E-state index is 12.0. The van der Waals surface area contributed by atoms with E-state index in [0.29, 0.717) is 24.3 Å². The molecule has 0 aromatic heterocycles. The zero-order valence-corrected chi connectivity index (χ0v) is 12.4. The Morgan fingerprint density at radius 3 is 2.68 bits per heavy atom. The number of piperidine rings is 1. The van der Waals surface area contributed by atoms with Gasteiger partial charge in [-0.1, -0.05) is 19.3 Å². The van der Waals surface area contributed by atoms with Gasteiger partial charge >= 0.3 is 0 Å². The van der Waals surface area contributed by atoms with Crippen LogP contribution in [-0.4, -0.2) is 25.0 Å². The van der Waals surface area contributed by atoms with Gasteiger partial charge in [-0.25, -0.2) is 0 Å². The molecule has 0 bridgehead atoms. The Kier molecular flexibility index (Phi) is 6.15. The van der Waals surface area contributed by atoms with E-state index in [0.717, 1.165) is 19.5 Å². The van der Waals surface area contributed by atoms with E-state index in [4.69, 9.17) is 0 Å². The van der Waals surface area contributed by atoms with Crippen LogP contribution in [0.25, 0.3) is 0 Å². The Labute approximate surface area is 117 Å². The third kappa shape index (κ3) is 5.13. The second-order valence-electron chi connectivity index (χ2n) is 6.51. The quantitative estimate of drug-likeness (QED) is 0.803. The van der Waals surface area contributed by atoms with Crippen molar-refractivity contribution >= 4 is 5.91 Å². The van der Waals surface area contributed by atoms with Crippen LogP contribution < -0.4 is 10.6 Å². The highest BCUT2D eigenvalue weighted by molar-refractivity contribution is 5.76. The lowest BCUT2D eigenvalue weighted by atomic mass is 9.84. The molecule has 1 amide bonds. The van der Waals surface area contributed by atoms with E-state index < -0.39 is 0 Å².